The van der Waals surface area contributed by atoms with Gasteiger partial charge < -0.3 is 5.32 Å². The number of aromatic nitrogens is 3. The van der Waals surface area contributed by atoms with Crippen molar-refractivity contribution in [3.63, 3.8) is 0 Å². The van der Waals surface area contributed by atoms with Gasteiger partial charge in [0.15, 0.2) is 5.82 Å². The summed E-state index contributed by atoms with van der Waals surface area (Å²) >= 11 is 1.20. The average molecular weight is 384 g/mol. The summed E-state index contributed by atoms with van der Waals surface area (Å²) < 4.78 is 13.8. The van der Waals surface area contributed by atoms with E-state index < -0.39 is 0 Å². The molecule has 0 fully saturated rings. The summed E-state index contributed by atoms with van der Waals surface area (Å²) in [7, 11) is 0. The number of amides is 1. The van der Waals surface area contributed by atoms with E-state index in [0.29, 0.717) is 16.5 Å². The molecule has 2 aromatic carbocycles. The summed E-state index contributed by atoms with van der Waals surface area (Å²) in [5.74, 6) is 0.0525. The van der Waals surface area contributed by atoms with Crippen molar-refractivity contribution < 1.29 is 9.18 Å². The largest absolute Gasteiger partial charge is 0.349 e. The number of halogens is 1. The molecule has 1 heterocycles. The van der Waals surface area contributed by atoms with E-state index in [1.807, 2.05) is 13.0 Å². The Morgan fingerprint density at radius 2 is 2.00 bits per heavy atom. The van der Waals surface area contributed by atoms with E-state index in [1.165, 1.54) is 29.0 Å². The van der Waals surface area contributed by atoms with E-state index in [-0.39, 0.29) is 23.5 Å². The Hall–Kier alpha value is -2.67. The topological polar surface area (TPSA) is 70.7 Å². The lowest BCUT2D eigenvalue weighted by Gasteiger charge is -2.15. The lowest BCUT2D eigenvalue weighted by Crippen LogP contribution is -2.28. The second kappa shape index (κ2) is 8.35. The minimum absolute atomic E-state index is 0.0847. The molecule has 0 saturated heterocycles. The molecule has 0 aliphatic rings. The molecule has 0 saturated carbocycles. The summed E-state index contributed by atoms with van der Waals surface area (Å²) in [6, 6.07) is 12.4. The van der Waals surface area contributed by atoms with Crippen LogP contribution in [0.5, 0.6) is 0 Å². The third kappa shape index (κ3) is 4.74. The van der Waals surface area contributed by atoms with Crippen molar-refractivity contribution in [1.29, 1.82) is 0 Å². The van der Waals surface area contributed by atoms with Crippen LogP contribution in [0.3, 0.4) is 0 Å². The molecule has 0 spiro atoms. The third-order valence-corrected chi connectivity index (χ3v) is 5.18. The molecule has 1 amide bonds. The maximum absolute atomic E-state index is 13.8. The molecule has 1 unspecified atom stereocenters. The van der Waals surface area contributed by atoms with Crippen molar-refractivity contribution in [2.24, 2.45) is 0 Å². The second-order valence-electron chi connectivity index (χ2n) is 6.37. The van der Waals surface area contributed by atoms with Gasteiger partial charge >= 0.3 is 0 Å². The fourth-order valence-electron chi connectivity index (χ4n) is 2.62. The first-order valence-electron chi connectivity index (χ1n) is 8.60. The number of aromatic amines is 1. The first-order chi connectivity index (χ1) is 12.9. The number of H-pyrrole nitrogens is 1. The molecule has 0 aliphatic heterocycles. The highest BCUT2D eigenvalue weighted by molar-refractivity contribution is 7.99. The molecule has 140 valence electrons. The van der Waals surface area contributed by atoms with Crippen LogP contribution in [0.2, 0.25) is 0 Å². The molecular formula is C20H21FN4OS. The summed E-state index contributed by atoms with van der Waals surface area (Å²) in [6.07, 6.45) is 0. The maximum Gasteiger partial charge on any atom is 0.230 e. The SMILES string of the molecule is Cc1ccc(C(C)NC(=O)CSc2n[nH]c(-c3ccccc3F)n2)cc1C. The zero-order chi connectivity index (χ0) is 19.4. The van der Waals surface area contributed by atoms with Crippen molar-refractivity contribution in [2.45, 2.75) is 32.0 Å². The molecule has 0 aliphatic carbocycles. The molecule has 3 rings (SSSR count). The van der Waals surface area contributed by atoms with E-state index in [1.54, 1.807) is 18.2 Å². The summed E-state index contributed by atoms with van der Waals surface area (Å²) in [4.78, 5) is 16.5. The highest BCUT2D eigenvalue weighted by Gasteiger charge is 2.14. The van der Waals surface area contributed by atoms with Crippen molar-refractivity contribution in [3.05, 3.63) is 65.0 Å². The van der Waals surface area contributed by atoms with Gasteiger partial charge in [0.25, 0.3) is 0 Å². The Balaban J connectivity index is 1.56. The fourth-order valence-corrected chi connectivity index (χ4v) is 3.22. The van der Waals surface area contributed by atoms with Gasteiger partial charge in [0.05, 0.1) is 17.4 Å². The Morgan fingerprint density at radius 3 is 2.74 bits per heavy atom. The van der Waals surface area contributed by atoms with Gasteiger partial charge in [0.1, 0.15) is 5.82 Å². The second-order valence-corrected chi connectivity index (χ2v) is 7.31. The number of nitrogens with zero attached hydrogens (tertiary/aromatic N) is 2. The molecule has 1 atom stereocenters. The number of aryl methyl sites for hydroxylation is 2. The lowest BCUT2D eigenvalue weighted by molar-refractivity contribution is -0.119. The van der Waals surface area contributed by atoms with Gasteiger partial charge in [-0.25, -0.2) is 9.37 Å². The van der Waals surface area contributed by atoms with Crippen LogP contribution in [0.1, 0.15) is 29.7 Å². The quantitative estimate of drug-likeness (QED) is 0.625. The predicted octanol–water partition coefficient (Wildman–Crippen LogP) is 4.20. The highest BCUT2D eigenvalue weighted by Crippen LogP contribution is 2.22. The Bertz CT molecular complexity index is 957. The molecule has 27 heavy (non-hydrogen) atoms. The van der Waals surface area contributed by atoms with Gasteiger partial charge in [-0.15, -0.1) is 5.10 Å². The molecule has 7 heteroatoms. The molecule has 1 aromatic heterocycles. The van der Waals surface area contributed by atoms with E-state index in [0.717, 1.165) is 5.56 Å². The first kappa shape index (κ1) is 19.1. The highest BCUT2D eigenvalue weighted by atomic mass is 32.2. The number of thioether (sulfide) groups is 1. The predicted molar refractivity (Wildman–Crippen MR) is 105 cm³/mol. The molecule has 0 bridgehead atoms. The Morgan fingerprint density at radius 1 is 1.22 bits per heavy atom. The van der Waals surface area contributed by atoms with Crippen molar-refractivity contribution in [2.75, 3.05) is 5.75 Å². The van der Waals surface area contributed by atoms with Crippen molar-refractivity contribution in [3.8, 4) is 11.4 Å². The van der Waals surface area contributed by atoms with Crippen LogP contribution >= 0.6 is 11.8 Å². The Labute approximate surface area is 161 Å². The summed E-state index contributed by atoms with van der Waals surface area (Å²) in [5, 5.41) is 10.1. The van der Waals surface area contributed by atoms with Crippen LogP contribution in [0.4, 0.5) is 4.39 Å². The normalized spacial score (nSPS) is 12.0. The monoisotopic (exact) mass is 384 g/mol. The molecule has 5 nitrogen and oxygen atoms in total. The minimum atomic E-state index is -0.370. The van der Waals surface area contributed by atoms with Crippen LogP contribution < -0.4 is 5.32 Å². The van der Waals surface area contributed by atoms with Gasteiger partial charge in [-0.3, -0.25) is 9.89 Å². The standard InChI is InChI=1S/C20H21FN4OS/c1-12-8-9-15(10-13(12)2)14(3)22-18(26)11-27-20-23-19(24-25-20)16-6-4-5-7-17(16)21/h4-10,14H,11H2,1-3H3,(H,22,26)(H,23,24,25). The average Bonchev–Trinajstić information content (AvgIpc) is 3.11. The number of nitrogens with one attached hydrogen (secondary N) is 2. The minimum Gasteiger partial charge on any atom is -0.349 e. The Kier molecular flexibility index (Phi) is 5.91. The molecule has 2 N–H and O–H groups in total. The van der Waals surface area contributed by atoms with Crippen LogP contribution in [0.15, 0.2) is 47.6 Å². The number of carbonyl (C=O) groups is 1. The van der Waals surface area contributed by atoms with Gasteiger partial charge in [-0.05, 0) is 49.6 Å². The number of hydrogen-bond donors (Lipinski definition) is 2. The first-order valence-corrected chi connectivity index (χ1v) is 9.59. The molecule has 3 aromatic rings. The summed E-state index contributed by atoms with van der Waals surface area (Å²) in [5.41, 5.74) is 3.84. The molecular weight excluding hydrogens is 363 g/mol. The van der Waals surface area contributed by atoms with Crippen LogP contribution in [0, 0.1) is 19.7 Å². The van der Waals surface area contributed by atoms with Crippen LogP contribution in [-0.4, -0.2) is 26.8 Å². The molecule has 0 radical (unpaired) electrons. The van der Waals surface area contributed by atoms with Gasteiger partial charge in [0.2, 0.25) is 11.1 Å². The number of benzene rings is 2. The van der Waals surface area contributed by atoms with Crippen LogP contribution in [0.25, 0.3) is 11.4 Å². The number of hydrogen-bond acceptors (Lipinski definition) is 4. The van der Waals surface area contributed by atoms with E-state index in [9.17, 15) is 9.18 Å². The van der Waals surface area contributed by atoms with Crippen LogP contribution in [-0.2, 0) is 4.79 Å². The summed E-state index contributed by atoms with van der Waals surface area (Å²) in [6.45, 7) is 6.07. The van der Waals surface area contributed by atoms with Gasteiger partial charge in [0, 0.05) is 0 Å². The maximum atomic E-state index is 13.8. The van der Waals surface area contributed by atoms with Gasteiger partial charge in [-0.1, -0.05) is 42.1 Å². The zero-order valence-electron chi connectivity index (χ0n) is 15.4. The van der Waals surface area contributed by atoms with Crippen molar-refractivity contribution >= 4 is 17.7 Å². The number of carbonyl (C=O) groups excluding carboxylic acids is 1. The van der Waals surface area contributed by atoms with Gasteiger partial charge in [-0.2, -0.15) is 0 Å². The zero-order valence-corrected chi connectivity index (χ0v) is 16.2. The van der Waals surface area contributed by atoms with E-state index in [2.05, 4.69) is 46.5 Å². The third-order valence-electron chi connectivity index (χ3n) is 4.33. The fraction of sp³-hybridized carbons (Fsp3) is 0.250. The van der Waals surface area contributed by atoms with E-state index >= 15 is 0 Å². The van der Waals surface area contributed by atoms with Crippen molar-refractivity contribution in [1.82, 2.24) is 20.5 Å². The lowest BCUT2D eigenvalue weighted by atomic mass is 10.0. The van der Waals surface area contributed by atoms with E-state index in [4.69, 9.17) is 0 Å². The number of rotatable bonds is 6. The smallest absolute Gasteiger partial charge is 0.230 e.